The second-order valence-corrected chi connectivity index (χ2v) is 3.51. The molecule has 0 aromatic carbocycles. The van der Waals surface area contributed by atoms with Crippen LogP contribution in [-0.4, -0.2) is 23.5 Å². The molecule has 1 saturated heterocycles. The van der Waals surface area contributed by atoms with E-state index in [4.69, 9.17) is 0 Å². The SMILES string of the molecule is CCC(C)(C)N1CCC1. The van der Waals surface area contributed by atoms with Crippen molar-refractivity contribution in [3.63, 3.8) is 0 Å². The van der Waals surface area contributed by atoms with Crippen LogP contribution in [0.1, 0.15) is 33.6 Å². The number of rotatable bonds is 2. The predicted octanol–water partition coefficient (Wildman–Crippen LogP) is 1.88. The van der Waals surface area contributed by atoms with Gasteiger partial charge in [-0.3, -0.25) is 4.90 Å². The highest BCUT2D eigenvalue weighted by atomic mass is 15.2. The van der Waals surface area contributed by atoms with Crippen molar-refractivity contribution in [2.45, 2.75) is 39.2 Å². The standard InChI is InChI=1S/C8H17N/c1-4-8(2,3)9-6-5-7-9/h4-7H2,1-3H3. The summed E-state index contributed by atoms with van der Waals surface area (Å²) < 4.78 is 0. The van der Waals surface area contributed by atoms with Gasteiger partial charge in [0.1, 0.15) is 0 Å². The molecular formula is C8H17N. The third-order valence-electron chi connectivity index (χ3n) is 2.58. The van der Waals surface area contributed by atoms with Gasteiger partial charge in [0.15, 0.2) is 0 Å². The first-order valence-corrected chi connectivity index (χ1v) is 3.92. The fraction of sp³-hybridized carbons (Fsp3) is 1.00. The summed E-state index contributed by atoms with van der Waals surface area (Å²) in [5, 5.41) is 0. The molecule has 1 fully saturated rings. The van der Waals surface area contributed by atoms with Crippen molar-refractivity contribution in [1.82, 2.24) is 4.90 Å². The minimum absolute atomic E-state index is 0.470. The molecule has 1 nitrogen and oxygen atoms in total. The minimum atomic E-state index is 0.470. The van der Waals surface area contributed by atoms with Gasteiger partial charge in [-0.2, -0.15) is 0 Å². The zero-order chi connectivity index (χ0) is 6.91. The molecule has 0 bridgehead atoms. The molecule has 0 atom stereocenters. The fourth-order valence-electron chi connectivity index (χ4n) is 1.15. The van der Waals surface area contributed by atoms with Crippen molar-refractivity contribution >= 4 is 0 Å². The lowest BCUT2D eigenvalue weighted by Gasteiger charge is -2.44. The summed E-state index contributed by atoms with van der Waals surface area (Å²) in [7, 11) is 0. The Balaban J connectivity index is 2.37. The van der Waals surface area contributed by atoms with Crippen molar-refractivity contribution in [1.29, 1.82) is 0 Å². The Hall–Kier alpha value is -0.0400. The molecule has 54 valence electrons. The Bertz CT molecular complexity index is 92.7. The number of likely N-dealkylation sites (tertiary alicyclic amines) is 1. The minimum Gasteiger partial charge on any atom is -0.298 e. The Morgan fingerprint density at radius 3 is 2.00 bits per heavy atom. The zero-order valence-electron chi connectivity index (χ0n) is 6.78. The van der Waals surface area contributed by atoms with Crippen LogP contribution in [0.4, 0.5) is 0 Å². The van der Waals surface area contributed by atoms with Gasteiger partial charge >= 0.3 is 0 Å². The lowest BCUT2D eigenvalue weighted by Crippen LogP contribution is -2.51. The van der Waals surface area contributed by atoms with Crippen LogP contribution in [0.15, 0.2) is 0 Å². The van der Waals surface area contributed by atoms with Crippen LogP contribution < -0.4 is 0 Å². The Morgan fingerprint density at radius 2 is 1.89 bits per heavy atom. The molecule has 1 heteroatoms. The van der Waals surface area contributed by atoms with Gasteiger partial charge in [0.05, 0.1) is 0 Å². The van der Waals surface area contributed by atoms with Crippen LogP contribution in [0, 0.1) is 0 Å². The third-order valence-corrected chi connectivity index (χ3v) is 2.58. The van der Waals surface area contributed by atoms with Crippen LogP contribution in [0.25, 0.3) is 0 Å². The summed E-state index contributed by atoms with van der Waals surface area (Å²) in [5.74, 6) is 0. The first kappa shape index (κ1) is 7.07. The highest BCUT2D eigenvalue weighted by Gasteiger charge is 2.28. The molecule has 0 aromatic rings. The van der Waals surface area contributed by atoms with Crippen molar-refractivity contribution in [2.75, 3.05) is 13.1 Å². The van der Waals surface area contributed by atoms with Crippen LogP contribution in [0.5, 0.6) is 0 Å². The lowest BCUT2D eigenvalue weighted by atomic mass is 9.95. The van der Waals surface area contributed by atoms with Crippen LogP contribution in [0.2, 0.25) is 0 Å². The molecule has 0 amide bonds. The molecule has 1 aliphatic rings. The van der Waals surface area contributed by atoms with Crippen LogP contribution >= 0.6 is 0 Å². The molecule has 0 aliphatic carbocycles. The molecule has 1 aliphatic heterocycles. The smallest absolute Gasteiger partial charge is 0.0150 e. The van der Waals surface area contributed by atoms with E-state index in [0.29, 0.717) is 5.54 Å². The first-order valence-electron chi connectivity index (χ1n) is 3.92. The van der Waals surface area contributed by atoms with Gasteiger partial charge in [-0.15, -0.1) is 0 Å². The molecule has 0 aromatic heterocycles. The monoisotopic (exact) mass is 127 g/mol. The highest BCUT2D eigenvalue weighted by molar-refractivity contribution is 4.84. The maximum atomic E-state index is 2.55. The number of nitrogens with zero attached hydrogens (tertiary/aromatic N) is 1. The maximum absolute atomic E-state index is 2.55. The third kappa shape index (κ3) is 1.26. The Labute approximate surface area is 58.0 Å². The van der Waals surface area contributed by atoms with Gasteiger partial charge in [-0.1, -0.05) is 6.92 Å². The number of hydrogen-bond donors (Lipinski definition) is 0. The summed E-state index contributed by atoms with van der Waals surface area (Å²) in [6.45, 7) is 9.55. The highest BCUT2D eigenvalue weighted by Crippen LogP contribution is 2.23. The summed E-state index contributed by atoms with van der Waals surface area (Å²) in [5.41, 5.74) is 0.470. The van der Waals surface area contributed by atoms with Gasteiger partial charge in [-0.25, -0.2) is 0 Å². The molecule has 9 heavy (non-hydrogen) atoms. The van der Waals surface area contributed by atoms with E-state index < -0.39 is 0 Å². The molecule has 0 unspecified atom stereocenters. The van der Waals surface area contributed by atoms with E-state index in [2.05, 4.69) is 25.7 Å². The lowest BCUT2D eigenvalue weighted by molar-refractivity contribution is 0.0526. The average Bonchev–Trinajstić information content (AvgIpc) is 1.60. The molecule has 1 rings (SSSR count). The second kappa shape index (κ2) is 2.30. The average molecular weight is 127 g/mol. The summed E-state index contributed by atoms with van der Waals surface area (Å²) in [4.78, 5) is 2.55. The fourth-order valence-corrected chi connectivity index (χ4v) is 1.15. The van der Waals surface area contributed by atoms with Crippen molar-refractivity contribution in [2.24, 2.45) is 0 Å². The van der Waals surface area contributed by atoms with Gasteiger partial charge in [0, 0.05) is 5.54 Å². The molecule has 0 radical (unpaired) electrons. The normalized spacial score (nSPS) is 21.7. The van der Waals surface area contributed by atoms with E-state index in [1.165, 1.54) is 25.9 Å². The van der Waals surface area contributed by atoms with Crippen molar-refractivity contribution in [3.05, 3.63) is 0 Å². The summed E-state index contributed by atoms with van der Waals surface area (Å²) in [6, 6.07) is 0. The maximum Gasteiger partial charge on any atom is 0.0150 e. The van der Waals surface area contributed by atoms with Gasteiger partial charge in [-0.05, 0) is 39.8 Å². The first-order chi connectivity index (χ1) is 4.17. The van der Waals surface area contributed by atoms with E-state index in [0.717, 1.165) is 0 Å². The largest absolute Gasteiger partial charge is 0.298 e. The van der Waals surface area contributed by atoms with Crippen LogP contribution in [0.3, 0.4) is 0 Å². The number of hydrogen-bond acceptors (Lipinski definition) is 1. The van der Waals surface area contributed by atoms with E-state index in [9.17, 15) is 0 Å². The van der Waals surface area contributed by atoms with E-state index in [-0.39, 0.29) is 0 Å². The van der Waals surface area contributed by atoms with E-state index in [1.807, 2.05) is 0 Å². The topological polar surface area (TPSA) is 3.24 Å². The van der Waals surface area contributed by atoms with Gasteiger partial charge in [0.25, 0.3) is 0 Å². The second-order valence-electron chi connectivity index (χ2n) is 3.51. The Kier molecular flexibility index (Phi) is 1.80. The summed E-state index contributed by atoms with van der Waals surface area (Å²) in [6.07, 6.45) is 2.68. The van der Waals surface area contributed by atoms with Gasteiger partial charge < -0.3 is 0 Å². The summed E-state index contributed by atoms with van der Waals surface area (Å²) >= 11 is 0. The Morgan fingerprint density at radius 1 is 1.33 bits per heavy atom. The molecular weight excluding hydrogens is 110 g/mol. The quantitative estimate of drug-likeness (QED) is 0.547. The predicted molar refractivity (Wildman–Crippen MR) is 40.6 cm³/mol. The van der Waals surface area contributed by atoms with Crippen molar-refractivity contribution < 1.29 is 0 Å². The van der Waals surface area contributed by atoms with Crippen molar-refractivity contribution in [3.8, 4) is 0 Å². The van der Waals surface area contributed by atoms with Gasteiger partial charge in [0.2, 0.25) is 0 Å². The zero-order valence-corrected chi connectivity index (χ0v) is 6.78. The van der Waals surface area contributed by atoms with E-state index >= 15 is 0 Å². The molecule has 0 N–H and O–H groups in total. The molecule has 0 saturated carbocycles. The van der Waals surface area contributed by atoms with E-state index in [1.54, 1.807) is 0 Å². The molecule has 0 spiro atoms. The van der Waals surface area contributed by atoms with Crippen LogP contribution in [-0.2, 0) is 0 Å². The molecule has 1 heterocycles.